The number of hydrogen-bond acceptors (Lipinski definition) is 13. The van der Waals surface area contributed by atoms with Crippen molar-refractivity contribution in [3.8, 4) is 23.5 Å². The number of halogens is 1. The number of aliphatic hydroxyl groups excluding tert-OH is 1. The van der Waals surface area contributed by atoms with E-state index in [-0.39, 0.29) is 71.8 Å². The molecule has 4 aromatic rings. The lowest BCUT2D eigenvalue weighted by atomic mass is 9.99. The highest BCUT2D eigenvalue weighted by atomic mass is 19.1. The monoisotopic (exact) mass is 736 g/mol. The van der Waals surface area contributed by atoms with Gasteiger partial charge in [0.25, 0.3) is 5.95 Å². The Morgan fingerprint density at radius 2 is 1.75 bits per heavy atom. The second-order valence-corrected chi connectivity index (χ2v) is 12.8. The summed E-state index contributed by atoms with van der Waals surface area (Å²) in [5.74, 6) is -1.45. The van der Waals surface area contributed by atoms with Crippen molar-refractivity contribution in [2.24, 2.45) is 22.1 Å². The first-order valence-electron chi connectivity index (χ1n) is 16.9. The summed E-state index contributed by atoms with van der Waals surface area (Å²) in [6.45, 7) is 8.67. The molecule has 0 bridgehead atoms. The molecule has 0 saturated carbocycles. The molecule has 4 N–H and O–H groups in total. The second kappa shape index (κ2) is 18.6. The Morgan fingerprint density at radius 1 is 1.06 bits per heavy atom. The zero-order valence-electron chi connectivity index (χ0n) is 30.5. The summed E-state index contributed by atoms with van der Waals surface area (Å²) in [5.41, 5.74) is 6.73. The molecule has 17 heteroatoms. The van der Waals surface area contributed by atoms with E-state index < -0.39 is 30.7 Å². The molecule has 0 radical (unpaired) electrons. The highest BCUT2D eigenvalue weighted by Gasteiger charge is 2.29. The minimum atomic E-state index is -1.15. The largest absolute Gasteiger partial charge is 0.497 e. The van der Waals surface area contributed by atoms with Gasteiger partial charge in [-0.05, 0) is 54.7 Å². The number of aromatic nitrogens is 5. The number of aliphatic imine (C=N–C) groups is 1. The number of carbonyl (C=O) groups is 2. The van der Waals surface area contributed by atoms with Gasteiger partial charge in [-0.15, -0.1) is 9.78 Å². The van der Waals surface area contributed by atoms with Crippen LogP contribution in [0.5, 0.6) is 17.5 Å². The van der Waals surface area contributed by atoms with Gasteiger partial charge in [-0.3, -0.25) is 4.79 Å². The number of amides is 1. The number of nitrogens with one attached hydrogen (secondary N) is 1. The number of benzene rings is 2. The summed E-state index contributed by atoms with van der Waals surface area (Å²) in [6, 6.07) is 9.61. The minimum absolute atomic E-state index is 0.00174. The molecule has 16 nitrogen and oxygen atoms in total. The lowest BCUT2D eigenvalue weighted by Crippen LogP contribution is -2.20. The number of anilines is 1. The molecule has 0 aliphatic carbocycles. The van der Waals surface area contributed by atoms with Crippen molar-refractivity contribution in [2.45, 2.75) is 53.5 Å². The SMILES string of the molecule is CCC(CC)C(=O)OCOc1nc(C(Nc2ccc(/C(N)=N/C(=O)OCC(C)(C)C)cc2)c2cc(OC)cc(OCCO)c2F)nn1-c1ncccn1. The summed E-state index contributed by atoms with van der Waals surface area (Å²) in [6.07, 6.45) is 3.36. The molecule has 2 aromatic carbocycles. The van der Waals surface area contributed by atoms with Crippen LogP contribution in [0.1, 0.15) is 70.5 Å². The molecule has 4 rings (SSSR count). The number of esters is 1. The molecule has 284 valence electrons. The number of hydrogen-bond donors (Lipinski definition) is 3. The van der Waals surface area contributed by atoms with Gasteiger partial charge >= 0.3 is 18.1 Å². The van der Waals surface area contributed by atoms with Crippen LogP contribution in [0.3, 0.4) is 0 Å². The van der Waals surface area contributed by atoms with E-state index in [4.69, 9.17) is 29.4 Å². The fourth-order valence-electron chi connectivity index (χ4n) is 4.78. The topological polar surface area (TPSA) is 207 Å². The quantitative estimate of drug-likeness (QED) is 0.0566. The zero-order chi connectivity index (χ0) is 38.5. The molecule has 0 spiro atoms. The number of rotatable bonds is 17. The Morgan fingerprint density at radius 3 is 2.38 bits per heavy atom. The van der Waals surface area contributed by atoms with Crippen LogP contribution in [0.15, 0.2) is 59.9 Å². The number of carbonyl (C=O) groups excluding carboxylic acids is 2. The van der Waals surface area contributed by atoms with Gasteiger partial charge in [-0.2, -0.15) is 9.98 Å². The third-order valence-corrected chi connectivity index (χ3v) is 7.57. The first-order chi connectivity index (χ1) is 25.4. The number of ether oxygens (including phenoxy) is 5. The Kier molecular flexibility index (Phi) is 14.0. The van der Waals surface area contributed by atoms with Crippen molar-refractivity contribution in [2.75, 3.05) is 39.0 Å². The predicted molar refractivity (Wildman–Crippen MR) is 192 cm³/mol. The average Bonchev–Trinajstić information content (AvgIpc) is 3.57. The third-order valence-electron chi connectivity index (χ3n) is 7.57. The van der Waals surface area contributed by atoms with Crippen molar-refractivity contribution in [1.82, 2.24) is 24.7 Å². The van der Waals surface area contributed by atoms with Crippen molar-refractivity contribution in [3.05, 3.63) is 77.6 Å². The molecule has 0 aliphatic rings. The standard InChI is InChI=1S/C36H45FN8O8/c1-7-22(8-2)32(47)52-21-53-34-43-31(44-45(34)33-39-14-9-15-40-33)29(26-18-25(49-6)19-27(28(26)37)50-17-16-46)41-24-12-10-23(11-13-24)30(38)42-35(48)51-20-36(3,4)5/h9-15,18-19,22,29,41,46H,7-8,16-17,20-21H2,1-6H3,(H2,38,42,48). The van der Waals surface area contributed by atoms with Crippen LogP contribution >= 0.6 is 0 Å². The molecule has 1 amide bonds. The van der Waals surface area contributed by atoms with Gasteiger partial charge in [0.05, 0.1) is 26.2 Å². The van der Waals surface area contributed by atoms with Gasteiger partial charge in [0.1, 0.15) is 24.2 Å². The first-order valence-corrected chi connectivity index (χ1v) is 16.9. The van der Waals surface area contributed by atoms with Gasteiger partial charge in [0.15, 0.2) is 17.4 Å². The van der Waals surface area contributed by atoms with E-state index in [1.165, 1.54) is 36.3 Å². The van der Waals surface area contributed by atoms with E-state index in [1.54, 1.807) is 30.3 Å². The van der Waals surface area contributed by atoms with Gasteiger partial charge in [-0.25, -0.2) is 19.2 Å². The molecular weight excluding hydrogens is 691 g/mol. The molecule has 2 aromatic heterocycles. The summed E-state index contributed by atoms with van der Waals surface area (Å²) >= 11 is 0. The van der Waals surface area contributed by atoms with Crippen LogP contribution in [-0.2, 0) is 14.3 Å². The summed E-state index contributed by atoms with van der Waals surface area (Å²) in [4.78, 5) is 41.7. The summed E-state index contributed by atoms with van der Waals surface area (Å²) < 4.78 is 44.7. The van der Waals surface area contributed by atoms with Crippen LogP contribution < -0.4 is 25.3 Å². The lowest BCUT2D eigenvalue weighted by molar-refractivity contribution is -0.155. The molecule has 53 heavy (non-hydrogen) atoms. The Balaban J connectivity index is 1.75. The number of nitrogens with two attached hydrogens (primary N) is 1. The Labute approximate surface area is 306 Å². The highest BCUT2D eigenvalue weighted by molar-refractivity contribution is 6.02. The molecule has 2 heterocycles. The lowest BCUT2D eigenvalue weighted by Gasteiger charge is -2.21. The average molecular weight is 737 g/mol. The van der Waals surface area contributed by atoms with E-state index in [9.17, 15) is 14.7 Å². The van der Waals surface area contributed by atoms with Crippen LogP contribution in [0.4, 0.5) is 14.9 Å². The van der Waals surface area contributed by atoms with Crippen molar-refractivity contribution < 1.29 is 42.8 Å². The fourth-order valence-corrected chi connectivity index (χ4v) is 4.78. The Bertz CT molecular complexity index is 1840. The van der Waals surface area contributed by atoms with Gasteiger partial charge in [0.2, 0.25) is 6.79 Å². The zero-order valence-corrected chi connectivity index (χ0v) is 30.5. The van der Waals surface area contributed by atoms with E-state index in [0.717, 1.165) is 0 Å². The van der Waals surface area contributed by atoms with Crippen molar-refractivity contribution >= 4 is 23.6 Å². The molecule has 1 unspecified atom stereocenters. The second-order valence-electron chi connectivity index (χ2n) is 12.8. The predicted octanol–water partition coefficient (Wildman–Crippen LogP) is 4.98. The minimum Gasteiger partial charge on any atom is -0.497 e. The van der Waals surface area contributed by atoms with Crippen LogP contribution in [-0.4, -0.2) is 81.5 Å². The van der Waals surface area contributed by atoms with Crippen LogP contribution in [0, 0.1) is 17.2 Å². The molecular formula is C36H45FN8O8. The molecule has 0 fully saturated rings. The molecule has 1 atom stereocenters. The Hall–Kier alpha value is -5.84. The fraction of sp³-hybridized carbons (Fsp3) is 0.417. The smallest absolute Gasteiger partial charge is 0.435 e. The number of nitrogens with zero attached hydrogens (tertiary/aromatic N) is 6. The van der Waals surface area contributed by atoms with E-state index in [0.29, 0.717) is 24.1 Å². The van der Waals surface area contributed by atoms with Crippen LogP contribution in [0.25, 0.3) is 5.95 Å². The third kappa shape index (κ3) is 11.1. The van der Waals surface area contributed by atoms with Gasteiger partial charge in [0, 0.05) is 35.3 Å². The van der Waals surface area contributed by atoms with Crippen LogP contribution in [0.2, 0.25) is 0 Å². The van der Waals surface area contributed by atoms with E-state index in [1.807, 2.05) is 34.6 Å². The maximum atomic E-state index is 16.3. The maximum Gasteiger partial charge on any atom is 0.435 e. The molecule has 0 aliphatic heterocycles. The first kappa shape index (κ1) is 39.9. The highest BCUT2D eigenvalue weighted by Crippen LogP contribution is 2.36. The number of aliphatic hydroxyl groups is 1. The number of methoxy groups -OCH3 is 1. The maximum absolute atomic E-state index is 16.3. The van der Waals surface area contributed by atoms with Gasteiger partial charge in [-0.1, -0.05) is 34.6 Å². The normalized spacial score (nSPS) is 12.3. The van der Waals surface area contributed by atoms with E-state index >= 15 is 4.39 Å². The van der Waals surface area contributed by atoms with Gasteiger partial charge < -0.3 is 39.8 Å². The number of amidine groups is 1. The summed E-state index contributed by atoms with van der Waals surface area (Å²) in [5, 5.41) is 17.2. The van der Waals surface area contributed by atoms with Crippen molar-refractivity contribution in [3.63, 3.8) is 0 Å². The van der Waals surface area contributed by atoms with Crippen molar-refractivity contribution in [1.29, 1.82) is 0 Å². The summed E-state index contributed by atoms with van der Waals surface area (Å²) in [7, 11) is 1.41. The van der Waals surface area contributed by atoms with E-state index in [2.05, 4.69) is 30.4 Å². The molecule has 0 saturated heterocycles.